The quantitative estimate of drug-likeness (QED) is 0.411. The van der Waals surface area contributed by atoms with Gasteiger partial charge in [-0.15, -0.1) is 11.6 Å². The highest BCUT2D eigenvalue weighted by Gasteiger charge is 2.72. The minimum atomic E-state index is -0.123. The van der Waals surface area contributed by atoms with E-state index in [4.69, 9.17) is 16.3 Å². The topological polar surface area (TPSA) is 46.6 Å². The number of carbonyl (C=O) groups excluding carboxylic acids is 2. The fraction of sp³-hybridized carbons (Fsp3) is 0.818. The molecule has 1 saturated heterocycles. The van der Waals surface area contributed by atoms with Crippen LogP contribution in [0, 0.1) is 17.3 Å². The highest BCUT2D eigenvalue weighted by molar-refractivity contribution is 6.18. The summed E-state index contributed by atoms with van der Waals surface area (Å²) in [7, 11) is 0. The van der Waals surface area contributed by atoms with E-state index in [0.29, 0.717) is 25.6 Å². The van der Waals surface area contributed by atoms with Crippen molar-refractivity contribution >= 4 is 23.4 Å². The zero-order valence-corrected chi connectivity index (χ0v) is 10.3. The lowest BCUT2D eigenvalue weighted by Gasteiger charge is -2.20. The van der Waals surface area contributed by atoms with Gasteiger partial charge in [-0.2, -0.15) is 0 Å². The number of likely N-dealkylation sites (tertiary alicyclic amines) is 1. The molecule has 2 atom stereocenters. The molecule has 1 aliphatic heterocycles. The van der Waals surface area contributed by atoms with Gasteiger partial charge in [0, 0.05) is 5.88 Å². The molecule has 2 aliphatic rings. The smallest absolute Gasteiger partial charge is 0.233 e. The second-order valence-electron chi connectivity index (χ2n) is 4.91. The van der Waals surface area contributed by atoms with Crippen molar-refractivity contribution in [2.75, 3.05) is 25.6 Å². The van der Waals surface area contributed by atoms with Gasteiger partial charge in [0.25, 0.3) is 0 Å². The summed E-state index contributed by atoms with van der Waals surface area (Å²) in [5.74, 6) is 0.185. The largest absolute Gasteiger partial charge is 0.378 e. The summed E-state index contributed by atoms with van der Waals surface area (Å²) in [5.41, 5.74) is -0.123. The van der Waals surface area contributed by atoms with E-state index in [9.17, 15) is 9.59 Å². The normalized spacial score (nSPS) is 30.8. The summed E-state index contributed by atoms with van der Waals surface area (Å²) >= 11 is 5.45. The molecule has 1 heterocycles. The van der Waals surface area contributed by atoms with E-state index in [1.807, 2.05) is 13.8 Å². The van der Waals surface area contributed by atoms with Crippen LogP contribution in [0.4, 0.5) is 0 Å². The molecule has 0 N–H and O–H groups in total. The summed E-state index contributed by atoms with van der Waals surface area (Å²) < 4.78 is 5.17. The van der Waals surface area contributed by atoms with Crippen LogP contribution in [0.2, 0.25) is 0 Å². The number of rotatable bonds is 5. The Morgan fingerprint density at radius 3 is 2.31 bits per heavy atom. The summed E-state index contributed by atoms with van der Waals surface area (Å²) in [5, 5.41) is 0. The zero-order valence-electron chi connectivity index (χ0n) is 9.53. The number of piperidine rings is 1. The van der Waals surface area contributed by atoms with Crippen molar-refractivity contribution in [3.05, 3.63) is 0 Å². The van der Waals surface area contributed by atoms with Gasteiger partial charge in [-0.3, -0.25) is 14.5 Å². The second-order valence-corrected chi connectivity index (χ2v) is 5.28. The molecule has 5 heteroatoms. The monoisotopic (exact) mass is 245 g/mol. The van der Waals surface area contributed by atoms with Crippen molar-refractivity contribution in [1.29, 1.82) is 0 Å². The lowest BCUT2D eigenvalue weighted by molar-refractivity contribution is -0.143. The molecule has 0 aromatic heterocycles. The van der Waals surface area contributed by atoms with Gasteiger partial charge in [-0.1, -0.05) is 13.8 Å². The molecule has 0 radical (unpaired) electrons. The summed E-state index contributed by atoms with van der Waals surface area (Å²) in [6, 6.07) is 0. The Morgan fingerprint density at radius 1 is 1.25 bits per heavy atom. The Morgan fingerprint density at radius 2 is 1.81 bits per heavy atom. The molecule has 2 rings (SSSR count). The van der Waals surface area contributed by atoms with Gasteiger partial charge in [-0.05, 0) is 5.41 Å². The molecule has 0 aromatic rings. The highest BCUT2D eigenvalue weighted by Crippen LogP contribution is 2.63. The number of carbonyl (C=O) groups is 2. The number of imide groups is 1. The fourth-order valence-electron chi connectivity index (χ4n) is 2.54. The highest BCUT2D eigenvalue weighted by atomic mass is 35.5. The summed E-state index contributed by atoms with van der Waals surface area (Å²) in [4.78, 5) is 25.0. The maximum atomic E-state index is 11.9. The van der Waals surface area contributed by atoms with E-state index in [-0.39, 0.29) is 29.1 Å². The number of alkyl halides is 1. The van der Waals surface area contributed by atoms with Crippen molar-refractivity contribution in [2.45, 2.75) is 13.8 Å². The SMILES string of the molecule is CC1(C)C2C(=O)N(CCOCCCl)C(=O)C21. The third kappa shape index (κ3) is 1.64. The Kier molecular flexibility index (Phi) is 2.97. The molecule has 16 heavy (non-hydrogen) atoms. The van der Waals surface area contributed by atoms with Crippen LogP contribution in [-0.4, -0.2) is 42.4 Å². The minimum absolute atomic E-state index is 0.0329. The Balaban J connectivity index is 1.86. The van der Waals surface area contributed by atoms with Crippen molar-refractivity contribution in [3.8, 4) is 0 Å². The van der Waals surface area contributed by atoms with Crippen LogP contribution in [0.15, 0.2) is 0 Å². The average Bonchev–Trinajstić information content (AvgIpc) is 2.68. The molecule has 2 unspecified atom stereocenters. The van der Waals surface area contributed by atoms with Gasteiger partial charge in [0.15, 0.2) is 0 Å². The van der Waals surface area contributed by atoms with E-state index in [0.717, 1.165) is 0 Å². The van der Waals surface area contributed by atoms with Crippen LogP contribution < -0.4 is 0 Å². The van der Waals surface area contributed by atoms with Gasteiger partial charge >= 0.3 is 0 Å². The molecular formula is C11H16ClNO3. The first-order valence-corrected chi connectivity index (χ1v) is 6.04. The van der Waals surface area contributed by atoms with Gasteiger partial charge in [0.05, 0.1) is 31.6 Å². The Bertz CT molecular complexity index is 305. The van der Waals surface area contributed by atoms with E-state index in [2.05, 4.69) is 0 Å². The van der Waals surface area contributed by atoms with Crippen LogP contribution >= 0.6 is 11.6 Å². The van der Waals surface area contributed by atoms with Crippen molar-refractivity contribution < 1.29 is 14.3 Å². The zero-order chi connectivity index (χ0) is 11.9. The number of amides is 2. The van der Waals surface area contributed by atoms with Crippen molar-refractivity contribution in [3.63, 3.8) is 0 Å². The first kappa shape index (κ1) is 11.9. The van der Waals surface area contributed by atoms with Crippen LogP contribution in [0.25, 0.3) is 0 Å². The molecule has 1 saturated carbocycles. The van der Waals surface area contributed by atoms with Gasteiger partial charge in [0.2, 0.25) is 11.8 Å². The summed E-state index contributed by atoms with van der Waals surface area (Å²) in [6.45, 7) is 5.14. The molecular weight excluding hydrogens is 230 g/mol. The van der Waals surface area contributed by atoms with E-state index in [1.165, 1.54) is 4.90 Å². The number of hydrogen-bond acceptors (Lipinski definition) is 3. The van der Waals surface area contributed by atoms with Gasteiger partial charge < -0.3 is 4.74 Å². The molecule has 2 fully saturated rings. The number of halogens is 1. The third-order valence-corrected chi connectivity index (χ3v) is 3.73. The van der Waals surface area contributed by atoms with Crippen LogP contribution in [0.1, 0.15) is 13.8 Å². The second kappa shape index (κ2) is 4.00. The number of hydrogen-bond donors (Lipinski definition) is 0. The molecule has 2 amide bonds. The number of nitrogens with zero attached hydrogens (tertiary/aromatic N) is 1. The maximum absolute atomic E-state index is 11.9. The molecule has 4 nitrogen and oxygen atoms in total. The van der Waals surface area contributed by atoms with E-state index >= 15 is 0 Å². The Labute approximate surface area is 99.9 Å². The van der Waals surface area contributed by atoms with Gasteiger partial charge in [-0.25, -0.2) is 0 Å². The van der Waals surface area contributed by atoms with Gasteiger partial charge in [0.1, 0.15) is 0 Å². The van der Waals surface area contributed by atoms with E-state index < -0.39 is 0 Å². The molecule has 90 valence electrons. The predicted octanol–water partition coefficient (Wildman–Crippen LogP) is 0.883. The van der Waals surface area contributed by atoms with Crippen LogP contribution in [0.5, 0.6) is 0 Å². The Hall–Kier alpha value is -0.610. The van der Waals surface area contributed by atoms with Crippen molar-refractivity contribution in [2.24, 2.45) is 17.3 Å². The first-order valence-electron chi connectivity index (χ1n) is 5.50. The summed E-state index contributed by atoms with van der Waals surface area (Å²) in [6.07, 6.45) is 0. The molecule has 0 aromatic carbocycles. The molecule has 0 spiro atoms. The minimum Gasteiger partial charge on any atom is -0.378 e. The average molecular weight is 246 g/mol. The third-order valence-electron chi connectivity index (χ3n) is 3.57. The first-order chi connectivity index (χ1) is 7.51. The van der Waals surface area contributed by atoms with Crippen LogP contribution in [-0.2, 0) is 14.3 Å². The van der Waals surface area contributed by atoms with Crippen molar-refractivity contribution in [1.82, 2.24) is 4.90 Å². The number of ether oxygens (including phenoxy) is 1. The van der Waals surface area contributed by atoms with Crippen LogP contribution in [0.3, 0.4) is 0 Å². The molecule has 0 bridgehead atoms. The predicted molar refractivity (Wildman–Crippen MR) is 59.0 cm³/mol. The maximum Gasteiger partial charge on any atom is 0.233 e. The number of fused-ring (bicyclic) bond motifs is 1. The van der Waals surface area contributed by atoms with E-state index in [1.54, 1.807) is 0 Å². The fourth-order valence-corrected chi connectivity index (χ4v) is 2.65. The molecule has 1 aliphatic carbocycles. The lowest BCUT2D eigenvalue weighted by atomic mass is 10.1. The lowest BCUT2D eigenvalue weighted by Crippen LogP contribution is -2.38. The standard InChI is InChI=1S/C11H16ClNO3/c1-11(2)7-8(11)10(15)13(9(7)14)4-6-16-5-3-12/h7-8H,3-6H2,1-2H3.